The molecule has 1 aromatic heterocycles. The molecule has 1 rings (SSSR count). The van der Waals surface area contributed by atoms with Crippen LogP contribution in [0.4, 0.5) is 0 Å². The van der Waals surface area contributed by atoms with Gasteiger partial charge in [0.1, 0.15) is 6.10 Å². The summed E-state index contributed by atoms with van der Waals surface area (Å²) < 4.78 is 4.92. The van der Waals surface area contributed by atoms with Crippen molar-refractivity contribution in [2.75, 3.05) is 13.7 Å². The highest BCUT2D eigenvalue weighted by molar-refractivity contribution is 5.23. The molecule has 0 aliphatic heterocycles. The number of hydrogen-bond donors (Lipinski definition) is 3. The Morgan fingerprint density at radius 1 is 1.53 bits per heavy atom. The topological polar surface area (TPSA) is 88.6 Å². The van der Waals surface area contributed by atoms with Gasteiger partial charge in [-0.1, -0.05) is 0 Å². The van der Waals surface area contributed by atoms with Crippen molar-refractivity contribution < 1.29 is 14.9 Å². The van der Waals surface area contributed by atoms with Crippen molar-refractivity contribution in [2.24, 2.45) is 5.73 Å². The summed E-state index contributed by atoms with van der Waals surface area (Å²) in [5.41, 5.74) is 5.87. The van der Waals surface area contributed by atoms with Crippen LogP contribution in [0.25, 0.3) is 0 Å². The molecule has 0 amide bonds. The van der Waals surface area contributed by atoms with Crippen molar-refractivity contribution in [3.8, 4) is 5.88 Å². The number of ether oxygens (including phenoxy) is 1. The highest BCUT2D eigenvalue weighted by Crippen LogP contribution is 2.20. The van der Waals surface area contributed by atoms with Gasteiger partial charge in [0.15, 0.2) is 0 Å². The second-order valence-electron chi connectivity index (χ2n) is 3.22. The molecular weight excluding hydrogens is 196 g/mol. The minimum atomic E-state index is -0.953. The van der Waals surface area contributed by atoms with Crippen molar-refractivity contribution in [3.05, 3.63) is 23.9 Å². The third-order valence-electron chi connectivity index (χ3n) is 2.14. The maximum absolute atomic E-state index is 9.75. The first-order valence-electron chi connectivity index (χ1n) is 4.75. The molecule has 0 aliphatic carbocycles. The van der Waals surface area contributed by atoms with Crippen LogP contribution in [-0.2, 0) is 0 Å². The van der Waals surface area contributed by atoms with Crippen LogP contribution in [0.5, 0.6) is 5.88 Å². The molecular formula is C10H16N2O3. The third-order valence-corrected chi connectivity index (χ3v) is 2.14. The summed E-state index contributed by atoms with van der Waals surface area (Å²) in [5, 5.41) is 19.3. The summed E-state index contributed by atoms with van der Waals surface area (Å²) in [6, 6.07) is 3.22. The van der Waals surface area contributed by atoms with Crippen molar-refractivity contribution >= 4 is 0 Å². The molecule has 2 atom stereocenters. The molecule has 0 aromatic carbocycles. The van der Waals surface area contributed by atoms with Crippen LogP contribution in [0.15, 0.2) is 18.3 Å². The van der Waals surface area contributed by atoms with Crippen LogP contribution in [0.1, 0.15) is 18.1 Å². The number of aliphatic hydroxyl groups is 2. The smallest absolute Gasteiger partial charge is 0.213 e. The lowest BCUT2D eigenvalue weighted by Gasteiger charge is -2.17. The predicted molar refractivity (Wildman–Crippen MR) is 55.4 cm³/mol. The summed E-state index contributed by atoms with van der Waals surface area (Å²) >= 11 is 0. The van der Waals surface area contributed by atoms with Crippen molar-refractivity contribution in [1.82, 2.24) is 4.98 Å². The molecule has 1 heterocycles. The molecule has 0 aliphatic rings. The Morgan fingerprint density at radius 3 is 2.87 bits per heavy atom. The molecule has 84 valence electrons. The van der Waals surface area contributed by atoms with Gasteiger partial charge in [-0.2, -0.15) is 0 Å². The summed E-state index contributed by atoms with van der Waals surface area (Å²) in [6.07, 6.45) is 0.0609. The molecule has 0 fully saturated rings. The largest absolute Gasteiger partial charge is 0.481 e. The number of aromatic nitrogens is 1. The van der Waals surface area contributed by atoms with E-state index in [2.05, 4.69) is 4.98 Å². The zero-order valence-electron chi connectivity index (χ0n) is 8.63. The SMILES string of the molecule is COc1cc(C(O)C(O)CCN)ccn1. The lowest BCUT2D eigenvalue weighted by atomic mass is 10.0. The van der Waals surface area contributed by atoms with Crippen LogP contribution in [0.3, 0.4) is 0 Å². The van der Waals surface area contributed by atoms with E-state index in [-0.39, 0.29) is 0 Å². The van der Waals surface area contributed by atoms with Gasteiger partial charge < -0.3 is 20.7 Å². The van der Waals surface area contributed by atoms with E-state index in [9.17, 15) is 10.2 Å². The third kappa shape index (κ3) is 3.16. The van der Waals surface area contributed by atoms with Gasteiger partial charge in [0.25, 0.3) is 0 Å². The van der Waals surface area contributed by atoms with E-state index in [1.165, 1.54) is 13.3 Å². The van der Waals surface area contributed by atoms with Gasteiger partial charge >= 0.3 is 0 Å². The maximum Gasteiger partial charge on any atom is 0.213 e. The fourth-order valence-electron chi connectivity index (χ4n) is 1.27. The summed E-state index contributed by atoms with van der Waals surface area (Å²) in [7, 11) is 1.49. The molecule has 0 radical (unpaired) electrons. The average molecular weight is 212 g/mol. The first-order chi connectivity index (χ1) is 7.19. The molecule has 15 heavy (non-hydrogen) atoms. The first kappa shape index (κ1) is 11.9. The molecule has 1 aromatic rings. The average Bonchev–Trinajstić information content (AvgIpc) is 2.28. The van der Waals surface area contributed by atoms with E-state index in [1.807, 2.05) is 0 Å². The Bertz CT molecular complexity index is 306. The van der Waals surface area contributed by atoms with E-state index in [1.54, 1.807) is 12.1 Å². The van der Waals surface area contributed by atoms with Crippen LogP contribution >= 0.6 is 0 Å². The monoisotopic (exact) mass is 212 g/mol. The van der Waals surface area contributed by atoms with Gasteiger partial charge in [0.05, 0.1) is 13.2 Å². The van der Waals surface area contributed by atoms with Gasteiger partial charge in [-0.05, 0) is 24.6 Å². The minimum Gasteiger partial charge on any atom is -0.481 e. The Morgan fingerprint density at radius 2 is 2.27 bits per heavy atom. The zero-order chi connectivity index (χ0) is 11.3. The number of nitrogens with zero attached hydrogens (tertiary/aromatic N) is 1. The lowest BCUT2D eigenvalue weighted by molar-refractivity contribution is 0.0148. The Balaban J connectivity index is 2.76. The first-order valence-corrected chi connectivity index (χ1v) is 4.75. The number of rotatable bonds is 5. The van der Waals surface area contributed by atoms with E-state index in [4.69, 9.17) is 10.5 Å². The fourth-order valence-corrected chi connectivity index (χ4v) is 1.27. The van der Waals surface area contributed by atoms with E-state index < -0.39 is 12.2 Å². The second kappa shape index (κ2) is 5.65. The molecule has 0 bridgehead atoms. The normalized spacial score (nSPS) is 14.7. The lowest BCUT2D eigenvalue weighted by Crippen LogP contribution is -2.21. The molecule has 0 spiro atoms. The summed E-state index contributed by atoms with van der Waals surface area (Å²) in [6.45, 7) is 0.334. The highest BCUT2D eigenvalue weighted by Gasteiger charge is 2.17. The molecule has 5 nitrogen and oxygen atoms in total. The maximum atomic E-state index is 9.75. The summed E-state index contributed by atoms with van der Waals surface area (Å²) in [4.78, 5) is 3.91. The van der Waals surface area contributed by atoms with Gasteiger partial charge in [0, 0.05) is 12.3 Å². The molecule has 0 saturated heterocycles. The van der Waals surface area contributed by atoms with Crippen molar-refractivity contribution in [1.29, 1.82) is 0 Å². The van der Waals surface area contributed by atoms with E-state index >= 15 is 0 Å². The minimum absolute atomic E-state index is 0.334. The number of nitrogens with two attached hydrogens (primary N) is 1. The molecule has 5 heteroatoms. The van der Waals surface area contributed by atoms with Crippen LogP contribution < -0.4 is 10.5 Å². The van der Waals surface area contributed by atoms with Crippen LogP contribution in [-0.4, -0.2) is 35.0 Å². The standard InChI is InChI=1S/C10H16N2O3/c1-15-9-6-7(3-5-12-9)10(14)8(13)2-4-11/h3,5-6,8,10,13-14H,2,4,11H2,1H3. The predicted octanol–water partition coefficient (Wildman–Crippen LogP) is -0.167. The molecule has 0 saturated carbocycles. The fraction of sp³-hybridized carbons (Fsp3) is 0.500. The zero-order valence-corrected chi connectivity index (χ0v) is 8.63. The highest BCUT2D eigenvalue weighted by atomic mass is 16.5. The summed E-state index contributed by atoms with van der Waals surface area (Å²) in [5.74, 6) is 0.409. The Kier molecular flexibility index (Phi) is 4.48. The van der Waals surface area contributed by atoms with Gasteiger partial charge in [-0.15, -0.1) is 0 Å². The molecule has 2 unspecified atom stereocenters. The van der Waals surface area contributed by atoms with Crippen molar-refractivity contribution in [3.63, 3.8) is 0 Å². The number of pyridine rings is 1. The number of aliphatic hydroxyl groups excluding tert-OH is 2. The second-order valence-corrected chi connectivity index (χ2v) is 3.22. The van der Waals surface area contributed by atoms with Gasteiger partial charge in [-0.3, -0.25) is 0 Å². The van der Waals surface area contributed by atoms with Crippen LogP contribution in [0, 0.1) is 0 Å². The quantitative estimate of drug-likeness (QED) is 0.630. The Labute approximate surface area is 88.5 Å². The van der Waals surface area contributed by atoms with Gasteiger partial charge in [0.2, 0.25) is 5.88 Å². The van der Waals surface area contributed by atoms with E-state index in [0.717, 1.165) is 0 Å². The Hall–Kier alpha value is -1.17. The number of hydrogen-bond acceptors (Lipinski definition) is 5. The van der Waals surface area contributed by atoms with Crippen LogP contribution in [0.2, 0.25) is 0 Å². The van der Waals surface area contributed by atoms with E-state index in [0.29, 0.717) is 24.4 Å². The molecule has 4 N–H and O–H groups in total. The number of methoxy groups -OCH3 is 1. The van der Waals surface area contributed by atoms with Crippen molar-refractivity contribution in [2.45, 2.75) is 18.6 Å². The van der Waals surface area contributed by atoms with Gasteiger partial charge in [-0.25, -0.2) is 4.98 Å².